The predicted octanol–water partition coefficient (Wildman–Crippen LogP) is 1.39. The molecule has 0 aliphatic carbocycles. The summed E-state index contributed by atoms with van der Waals surface area (Å²) < 4.78 is 22.5. The molecule has 0 amide bonds. The number of aliphatic hydroxyl groups excluding tert-OH is 2. The minimum Gasteiger partial charge on any atom is -0.396 e. The molecule has 2 N–H and O–H groups in total. The summed E-state index contributed by atoms with van der Waals surface area (Å²) in [7, 11) is 0. The summed E-state index contributed by atoms with van der Waals surface area (Å²) in [5.41, 5.74) is 1.25. The van der Waals surface area contributed by atoms with Crippen LogP contribution in [0.5, 0.6) is 0 Å². The Balaban J connectivity index is 1.62. The van der Waals surface area contributed by atoms with Crippen molar-refractivity contribution >= 4 is 16.6 Å². The van der Waals surface area contributed by atoms with Crippen molar-refractivity contribution in [1.29, 1.82) is 0 Å². The van der Waals surface area contributed by atoms with Crippen molar-refractivity contribution in [3.8, 4) is 11.5 Å². The molecule has 0 saturated carbocycles. The molecule has 2 unspecified atom stereocenters. The molecule has 1 aromatic carbocycles. The minimum absolute atomic E-state index is 0.150. The number of aliphatic hydroxyl groups is 2. The Kier molecular flexibility index (Phi) is 5.69. The normalized spacial score (nSPS) is 18.4. The molecule has 1 saturated heterocycles. The number of hydrogen-bond donors (Lipinski definition) is 2. The van der Waals surface area contributed by atoms with Gasteiger partial charge in [0.2, 0.25) is 11.7 Å². The summed E-state index contributed by atoms with van der Waals surface area (Å²) in [6.07, 6.45) is 2.78. The summed E-state index contributed by atoms with van der Waals surface area (Å²) in [5, 5.41) is 23.3. The molecular formula is C22H25FN6O4. The van der Waals surface area contributed by atoms with E-state index in [1.807, 2.05) is 0 Å². The molecule has 33 heavy (non-hydrogen) atoms. The van der Waals surface area contributed by atoms with Crippen LogP contribution in [0.15, 0.2) is 33.8 Å². The lowest BCUT2D eigenvalue weighted by Crippen LogP contribution is -2.40. The van der Waals surface area contributed by atoms with Crippen molar-refractivity contribution in [1.82, 2.24) is 29.0 Å². The monoisotopic (exact) mass is 456 g/mol. The highest BCUT2D eigenvalue weighted by molar-refractivity contribution is 5.83. The van der Waals surface area contributed by atoms with Gasteiger partial charge in [-0.3, -0.25) is 14.1 Å². The molecule has 0 spiro atoms. The molecule has 1 aliphatic heterocycles. The van der Waals surface area contributed by atoms with Gasteiger partial charge in [0.05, 0.1) is 29.7 Å². The third-order valence-electron chi connectivity index (χ3n) is 6.17. The zero-order valence-corrected chi connectivity index (χ0v) is 18.2. The molecule has 2 atom stereocenters. The van der Waals surface area contributed by atoms with Gasteiger partial charge in [-0.2, -0.15) is 4.98 Å². The lowest BCUT2D eigenvalue weighted by molar-refractivity contribution is 0.0690. The zero-order chi connectivity index (χ0) is 23.1. The van der Waals surface area contributed by atoms with E-state index in [4.69, 9.17) is 4.52 Å². The summed E-state index contributed by atoms with van der Waals surface area (Å²) in [4.78, 5) is 24.4. The molecule has 4 aromatic rings. The van der Waals surface area contributed by atoms with Crippen molar-refractivity contribution in [3.63, 3.8) is 0 Å². The maximum atomic E-state index is 14.1. The molecule has 1 aliphatic rings. The van der Waals surface area contributed by atoms with Crippen LogP contribution in [0.2, 0.25) is 0 Å². The maximum absolute atomic E-state index is 14.1. The second-order valence-electron chi connectivity index (χ2n) is 8.54. The fourth-order valence-electron chi connectivity index (χ4n) is 4.36. The minimum atomic E-state index is -0.440. The summed E-state index contributed by atoms with van der Waals surface area (Å²) in [6.45, 7) is 3.85. The fourth-order valence-corrected chi connectivity index (χ4v) is 4.36. The zero-order valence-electron chi connectivity index (χ0n) is 18.2. The number of piperidine rings is 1. The number of likely N-dealkylation sites (tertiary alicyclic amines) is 1. The smallest absolute Gasteiger partial charge is 0.277 e. The van der Waals surface area contributed by atoms with Crippen LogP contribution in [0, 0.1) is 5.82 Å². The first kappa shape index (κ1) is 21.7. The molecule has 0 bridgehead atoms. The Bertz CT molecular complexity index is 1360. The lowest BCUT2D eigenvalue weighted by Gasteiger charge is -2.30. The molecule has 11 heteroatoms. The predicted molar refractivity (Wildman–Crippen MR) is 117 cm³/mol. The molecule has 5 rings (SSSR count). The first-order chi connectivity index (χ1) is 16.0. The number of β-amino-alcohol motifs (C(OH)–C–C–N with tert-alkyl or cyclic N) is 1. The number of fused-ring (bicyclic) bond motifs is 3. The Hall–Kier alpha value is -3.15. The quantitative estimate of drug-likeness (QED) is 0.446. The Morgan fingerprint density at radius 3 is 2.94 bits per heavy atom. The van der Waals surface area contributed by atoms with E-state index in [0.29, 0.717) is 30.7 Å². The number of aromatic nitrogens is 5. The topological polar surface area (TPSA) is 122 Å². The number of imidazole rings is 1. The van der Waals surface area contributed by atoms with Gasteiger partial charge >= 0.3 is 0 Å². The van der Waals surface area contributed by atoms with Crippen molar-refractivity contribution in [3.05, 3.63) is 46.6 Å². The van der Waals surface area contributed by atoms with E-state index in [2.05, 4.69) is 20.0 Å². The van der Waals surface area contributed by atoms with Gasteiger partial charge in [-0.25, -0.2) is 9.37 Å². The number of rotatable bonds is 6. The fraction of sp³-hybridized carbons (Fsp3) is 0.455. The molecule has 3 aromatic heterocycles. The van der Waals surface area contributed by atoms with Crippen LogP contribution in [0.3, 0.4) is 0 Å². The highest BCUT2D eigenvalue weighted by atomic mass is 19.1. The summed E-state index contributed by atoms with van der Waals surface area (Å²) in [6, 6.07) is 4.29. The lowest BCUT2D eigenvalue weighted by atomic mass is 10.1. The van der Waals surface area contributed by atoms with Crippen molar-refractivity contribution in [2.75, 3.05) is 26.2 Å². The average molecular weight is 456 g/mol. The van der Waals surface area contributed by atoms with Gasteiger partial charge in [0.15, 0.2) is 0 Å². The van der Waals surface area contributed by atoms with E-state index in [1.54, 1.807) is 17.4 Å². The highest BCUT2D eigenvalue weighted by Crippen LogP contribution is 2.24. The van der Waals surface area contributed by atoms with Crippen LogP contribution in [0.1, 0.15) is 31.6 Å². The van der Waals surface area contributed by atoms with E-state index in [1.165, 1.54) is 23.0 Å². The first-order valence-electron chi connectivity index (χ1n) is 11.0. The van der Waals surface area contributed by atoms with Gasteiger partial charge in [-0.05, 0) is 37.6 Å². The Morgan fingerprint density at radius 1 is 1.30 bits per heavy atom. The third kappa shape index (κ3) is 3.92. The van der Waals surface area contributed by atoms with Crippen LogP contribution < -0.4 is 5.56 Å². The van der Waals surface area contributed by atoms with Gasteiger partial charge in [-0.1, -0.05) is 12.1 Å². The standard InChI is InChI=1S/C22H25FN6O4/c1-13(11-30)21-25-20(26-33-21)18-19-22(32)28(8-7-27-6-2-3-15(31)10-27)17-9-14(23)4-5-16(17)29(19)12-24-18/h4-5,9,12-13,15,30-31H,2-3,6-8,10-11H2,1H3. The number of nitrogens with zero attached hydrogens (tertiary/aromatic N) is 6. The summed E-state index contributed by atoms with van der Waals surface area (Å²) in [5.74, 6) is -0.387. The van der Waals surface area contributed by atoms with Gasteiger partial charge in [0, 0.05) is 19.6 Å². The maximum Gasteiger partial charge on any atom is 0.277 e. The number of benzene rings is 1. The van der Waals surface area contributed by atoms with Gasteiger partial charge in [-0.15, -0.1) is 0 Å². The van der Waals surface area contributed by atoms with E-state index in [9.17, 15) is 19.4 Å². The van der Waals surface area contributed by atoms with Crippen LogP contribution in [0.4, 0.5) is 4.39 Å². The third-order valence-corrected chi connectivity index (χ3v) is 6.17. The average Bonchev–Trinajstić information content (AvgIpc) is 3.46. The van der Waals surface area contributed by atoms with Crippen LogP contribution >= 0.6 is 0 Å². The van der Waals surface area contributed by atoms with Crippen molar-refractivity contribution in [2.24, 2.45) is 0 Å². The van der Waals surface area contributed by atoms with Crippen LogP contribution in [0.25, 0.3) is 28.1 Å². The van der Waals surface area contributed by atoms with Crippen molar-refractivity contribution < 1.29 is 19.1 Å². The molecule has 0 radical (unpaired) electrons. The highest BCUT2D eigenvalue weighted by Gasteiger charge is 2.23. The van der Waals surface area contributed by atoms with Gasteiger partial charge in [0.1, 0.15) is 23.4 Å². The van der Waals surface area contributed by atoms with E-state index in [0.717, 1.165) is 19.4 Å². The second-order valence-corrected chi connectivity index (χ2v) is 8.54. The van der Waals surface area contributed by atoms with Crippen LogP contribution in [-0.4, -0.2) is 71.6 Å². The first-order valence-corrected chi connectivity index (χ1v) is 11.0. The van der Waals surface area contributed by atoms with Gasteiger partial charge in [0.25, 0.3) is 5.56 Å². The number of halogens is 1. The largest absolute Gasteiger partial charge is 0.396 e. The number of hydrogen-bond acceptors (Lipinski definition) is 8. The SMILES string of the molecule is CC(CO)c1nc(-c2ncn3c2c(=O)n(CCN2CCCC(O)C2)c2cc(F)ccc23)no1. The molecule has 4 heterocycles. The van der Waals surface area contributed by atoms with E-state index in [-0.39, 0.29) is 47.1 Å². The molecule has 1 fully saturated rings. The van der Waals surface area contributed by atoms with E-state index >= 15 is 0 Å². The van der Waals surface area contributed by atoms with Crippen molar-refractivity contribution in [2.45, 2.75) is 38.3 Å². The summed E-state index contributed by atoms with van der Waals surface area (Å²) >= 11 is 0. The second kappa shape index (κ2) is 8.65. The Morgan fingerprint density at radius 2 is 2.15 bits per heavy atom. The Labute approximate surface area is 187 Å². The van der Waals surface area contributed by atoms with Crippen LogP contribution in [-0.2, 0) is 6.54 Å². The molecule has 10 nitrogen and oxygen atoms in total. The van der Waals surface area contributed by atoms with E-state index < -0.39 is 5.82 Å². The van der Waals surface area contributed by atoms with Gasteiger partial charge < -0.3 is 19.3 Å². The molecular weight excluding hydrogens is 431 g/mol. The molecule has 174 valence electrons.